The number of nitrogens with zero attached hydrogens (tertiary/aromatic N) is 1. The molecule has 0 saturated carbocycles. The van der Waals surface area contributed by atoms with Crippen LogP contribution in [-0.4, -0.2) is 53.1 Å². The summed E-state index contributed by atoms with van der Waals surface area (Å²) in [7, 11) is 0. The molecule has 0 bridgehead atoms. The Morgan fingerprint density at radius 1 is 1.56 bits per heavy atom. The van der Waals surface area contributed by atoms with Crippen molar-refractivity contribution in [2.75, 3.05) is 19.7 Å². The Labute approximate surface area is 108 Å². The van der Waals surface area contributed by atoms with Gasteiger partial charge < -0.3 is 19.5 Å². The van der Waals surface area contributed by atoms with Gasteiger partial charge in [-0.3, -0.25) is 0 Å². The van der Waals surface area contributed by atoms with Crippen LogP contribution in [0.2, 0.25) is 0 Å². The summed E-state index contributed by atoms with van der Waals surface area (Å²) in [4.78, 5) is 13.6. The van der Waals surface area contributed by atoms with E-state index in [1.54, 1.807) is 4.90 Å². The van der Waals surface area contributed by atoms with Crippen LogP contribution in [0.1, 0.15) is 40.0 Å². The van der Waals surface area contributed by atoms with Crippen LogP contribution in [-0.2, 0) is 9.47 Å². The SMILES string of the molecule is CC(C)(C)OC(=O)N1CCCC(O)(CC2CO2)C1. The molecule has 104 valence electrons. The number of carbonyl (C=O) groups is 1. The van der Waals surface area contributed by atoms with Crippen LogP contribution in [0.25, 0.3) is 0 Å². The Hall–Kier alpha value is -0.810. The van der Waals surface area contributed by atoms with E-state index in [4.69, 9.17) is 9.47 Å². The summed E-state index contributed by atoms with van der Waals surface area (Å²) in [6.45, 7) is 7.27. The number of hydrogen-bond donors (Lipinski definition) is 1. The number of likely N-dealkylation sites (tertiary alicyclic amines) is 1. The molecule has 5 nitrogen and oxygen atoms in total. The Bertz CT molecular complexity index is 321. The number of epoxide rings is 1. The van der Waals surface area contributed by atoms with Gasteiger partial charge in [-0.05, 0) is 33.6 Å². The van der Waals surface area contributed by atoms with E-state index >= 15 is 0 Å². The quantitative estimate of drug-likeness (QED) is 0.762. The van der Waals surface area contributed by atoms with Gasteiger partial charge in [0.05, 0.1) is 24.9 Å². The maximum absolute atomic E-state index is 12.0. The predicted octanol–water partition coefficient (Wildman–Crippen LogP) is 1.54. The van der Waals surface area contributed by atoms with Gasteiger partial charge in [-0.1, -0.05) is 0 Å². The fourth-order valence-corrected chi connectivity index (χ4v) is 2.37. The number of β-amino-alcohol motifs (C(OH)–C–C–N with tert-alkyl or cyclic N) is 1. The van der Waals surface area contributed by atoms with E-state index in [0.717, 1.165) is 19.4 Å². The highest BCUT2D eigenvalue weighted by Gasteiger charge is 2.41. The molecule has 5 heteroatoms. The fraction of sp³-hybridized carbons (Fsp3) is 0.923. The molecular formula is C13H23NO4. The zero-order valence-corrected chi connectivity index (χ0v) is 11.4. The van der Waals surface area contributed by atoms with Gasteiger partial charge in [-0.25, -0.2) is 4.79 Å². The van der Waals surface area contributed by atoms with E-state index in [1.165, 1.54) is 0 Å². The van der Waals surface area contributed by atoms with Gasteiger partial charge in [0.2, 0.25) is 0 Å². The van der Waals surface area contributed by atoms with Gasteiger partial charge in [0, 0.05) is 13.0 Å². The molecule has 2 unspecified atom stereocenters. The van der Waals surface area contributed by atoms with Crippen LogP contribution in [0.15, 0.2) is 0 Å². The number of aliphatic hydroxyl groups is 1. The molecule has 0 aromatic carbocycles. The number of ether oxygens (including phenoxy) is 2. The summed E-state index contributed by atoms with van der Waals surface area (Å²) in [6.07, 6.45) is 1.99. The Morgan fingerprint density at radius 3 is 2.78 bits per heavy atom. The molecule has 2 atom stereocenters. The molecule has 2 heterocycles. The van der Waals surface area contributed by atoms with Gasteiger partial charge >= 0.3 is 6.09 Å². The Kier molecular flexibility index (Phi) is 3.56. The minimum absolute atomic E-state index is 0.175. The molecule has 2 aliphatic heterocycles. The van der Waals surface area contributed by atoms with Gasteiger partial charge in [0.25, 0.3) is 0 Å². The first kappa shape index (κ1) is 13.6. The molecule has 2 aliphatic rings. The molecule has 2 rings (SSSR count). The minimum Gasteiger partial charge on any atom is -0.444 e. The van der Waals surface area contributed by atoms with Crippen molar-refractivity contribution in [3.8, 4) is 0 Å². The summed E-state index contributed by atoms with van der Waals surface area (Å²) in [6, 6.07) is 0. The second-order valence-electron chi connectivity index (χ2n) is 6.39. The summed E-state index contributed by atoms with van der Waals surface area (Å²) in [5.74, 6) is 0. The lowest BCUT2D eigenvalue weighted by Gasteiger charge is -2.39. The highest BCUT2D eigenvalue weighted by Crippen LogP contribution is 2.31. The lowest BCUT2D eigenvalue weighted by molar-refractivity contribution is -0.0503. The first-order valence-electron chi connectivity index (χ1n) is 6.59. The molecule has 0 spiro atoms. The van der Waals surface area contributed by atoms with E-state index in [-0.39, 0.29) is 12.2 Å². The lowest BCUT2D eigenvalue weighted by atomic mass is 9.88. The van der Waals surface area contributed by atoms with Gasteiger partial charge in [-0.15, -0.1) is 0 Å². The van der Waals surface area contributed by atoms with Crippen LogP contribution in [0.3, 0.4) is 0 Å². The van der Waals surface area contributed by atoms with Crippen LogP contribution >= 0.6 is 0 Å². The maximum atomic E-state index is 12.0. The predicted molar refractivity (Wildman–Crippen MR) is 66.3 cm³/mol. The number of rotatable bonds is 2. The highest BCUT2D eigenvalue weighted by molar-refractivity contribution is 5.68. The third-order valence-electron chi connectivity index (χ3n) is 3.22. The molecule has 0 aliphatic carbocycles. The van der Waals surface area contributed by atoms with E-state index in [0.29, 0.717) is 19.5 Å². The van der Waals surface area contributed by atoms with Gasteiger partial charge in [-0.2, -0.15) is 0 Å². The number of carbonyl (C=O) groups excluding carboxylic acids is 1. The first-order valence-corrected chi connectivity index (χ1v) is 6.59. The second-order valence-corrected chi connectivity index (χ2v) is 6.39. The third-order valence-corrected chi connectivity index (χ3v) is 3.22. The third kappa shape index (κ3) is 3.85. The number of piperidine rings is 1. The van der Waals surface area contributed by atoms with Crippen LogP contribution < -0.4 is 0 Å². The zero-order chi connectivity index (χ0) is 13.4. The smallest absolute Gasteiger partial charge is 0.410 e. The summed E-state index contributed by atoms with van der Waals surface area (Å²) < 4.78 is 10.5. The molecule has 1 amide bonds. The zero-order valence-electron chi connectivity index (χ0n) is 11.4. The molecule has 2 fully saturated rings. The molecular weight excluding hydrogens is 234 g/mol. The van der Waals surface area contributed by atoms with E-state index in [2.05, 4.69) is 0 Å². The van der Waals surface area contributed by atoms with Crippen LogP contribution in [0, 0.1) is 0 Å². The number of amides is 1. The molecule has 0 aromatic heterocycles. The molecule has 18 heavy (non-hydrogen) atoms. The minimum atomic E-state index is -0.809. The van der Waals surface area contributed by atoms with Gasteiger partial charge in [0.1, 0.15) is 5.60 Å². The summed E-state index contributed by atoms with van der Waals surface area (Å²) in [5.41, 5.74) is -1.30. The standard InChI is InChI=1S/C13H23NO4/c1-12(2,3)18-11(15)14-6-4-5-13(16,9-14)7-10-8-17-10/h10,16H,4-9H2,1-3H3. The second kappa shape index (κ2) is 4.70. The Morgan fingerprint density at radius 2 is 2.22 bits per heavy atom. The monoisotopic (exact) mass is 257 g/mol. The lowest BCUT2D eigenvalue weighted by Crippen LogP contribution is -2.52. The van der Waals surface area contributed by atoms with Crippen molar-refractivity contribution >= 4 is 6.09 Å². The highest BCUT2D eigenvalue weighted by atomic mass is 16.6. The number of hydrogen-bond acceptors (Lipinski definition) is 4. The molecule has 0 aromatic rings. The molecule has 1 N–H and O–H groups in total. The summed E-state index contributed by atoms with van der Waals surface area (Å²) in [5, 5.41) is 10.5. The van der Waals surface area contributed by atoms with Crippen LogP contribution in [0.4, 0.5) is 4.79 Å². The summed E-state index contributed by atoms with van der Waals surface area (Å²) >= 11 is 0. The maximum Gasteiger partial charge on any atom is 0.410 e. The average Bonchev–Trinajstić information content (AvgIpc) is 2.98. The largest absolute Gasteiger partial charge is 0.444 e. The first-order chi connectivity index (χ1) is 8.27. The van der Waals surface area contributed by atoms with Crippen molar-refractivity contribution in [1.82, 2.24) is 4.90 Å². The van der Waals surface area contributed by atoms with Crippen molar-refractivity contribution in [2.45, 2.75) is 57.3 Å². The normalized spacial score (nSPS) is 32.2. The molecule has 2 saturated heterocycles. The van der Waals surface area contributed by atoms with Crippen molar-refractivity contribution in [3.05, 3.63) is 0 Å². The van der Waals surface area contributed by atoms with Crippen molar-refractivity contribution < 1.29 is 19.4 Å². The topological polar surface area (TPSA) is 62.3 Å². The van der Waals surface area contributed by atoms with Crippen molar-refractivity contribution in [1.29, 1.82) is 0 Å². The van der Waals surface area contributed by atoms with Gasteiger partial charge in [0.15, 0.2) is 0 Å². The molecule has 0 radical (unpaired) electrons. The van der Waals surface area contributed by atoms with E-state index in [1.807, 2.05) is 20.8 Å². The Balaban J connectivity index is 1.90. The van der Waals surface area contributed by atoms with Crippen molar-refractivity contribution in [2.24, 2.45) is 0 Å². The van der Waals surface area contributed by atoms with Crippen LogP contribution in [0.5, 0.6) is 0 Å². The van der Waals surface area contributed by atoms with E-state index in [9.17, 15) is 9.90 Å². The fourth-order valence-electron chi connectivity index (χ4n) is 2.37. The van der Waals surface area contributed by atoms with Crippen molar-refractivity contribution in [3.63, 3.8) is 0 Å². The van der Waals surface area contributed by atoms with E-state index < -0.39 is 11.2 Å². The average molecular weight is 257 g/mol.